The molecule has 1 heterocycles. The molecule has 0 spiro atoms. The van der Waals surface area contributed by atoms with Gasteiger partial charge in [-0.25, -0.2) is 0 Å². The third-order valence-electron chi connectivity index (χ3n) is 1.47. The van der Waals surface area contributed by atoms with Crippen molar-refractivity contribution in [1.29, 1.82) is 0 Å². The molecular weight excluding hydrogens is 130 g/mol. The van der Waals surface area contributed by atoms with E-state index in [0.29, 0.717) is 6.61 Å². The summed E-state index contributed by atoms with van der Waals surface area (Å²) in [6.45, 7) is 4.38. The molecule has 56 valence electrons. The highest BCUT2D eigenvalue weighted by Crippen LogP contribution is 2.12. The summed E-state index contributed by atoms with van der Waals surface area (Å²) in [4.78, 5) is 0. The van der Waals surface area contributed by atoms with Crippen LogP contribution in [0.4, 0.5) is 0 Å². The monoisotopic (exact) mass is 141 g/mol. The second kappa shape index (κ2) is 2.84. The maximum Gasteiger partial charge on any atom is 0.139 e. The summed E-state index contributed by atoms with van der Waals surface area (Å²) < 4.78 is 9.87. The van der Waals surface area contributed by atoms with Gasteiger partial charge in [0.05, 0.1) is 12.3 Å². The van der Waals surface area contributed by atoms with Crippen LogP contribution in [0.15, 0.2) is 4.52 Å². The van der Waals surface area contributed by atoms with Gasteiger partial charge in [0, 0.05) is 12.7 Å². The molecule has 0 bridgehead atoms. The first-order valence-corrected chi connectivity index (χ1v) is 3.16. The Hall–Kier alpha value is -0.830. The van der Waals surface area contributed by atoms with E-state index in [1.807, 2.05) is 13.8 Å². The first-order valence-electron chi connectivity index (χ1n) is 3.16. The van der Waals surface area contributed by atoms with Crippen LogP contribution in [-0.4, -0.2) is 12.3 Å². The Labute approximate surface area is 60.0 Å². The maximum absolute atomic E-state index is 4.95. The Morgan fingerprint density at radius 2 is 2.20 bits per heavy atom. The quantitative estimate of drug-likeness (QED) is 0.625. The van der Waals surface area contributed by atoms with E-state index in [9.17, 15) is 0 Å². The number of methoxy groups -OCH3 is 1. The van der Waals surface area contributed by atoms with Gasteiger partial charge in [-0.05, 0) is 13.8 Å². The third-order valence-corrected chi connectivity index (χ3v) is 1.47. The molecule has 0 saturated carbocycles. The molecule has 0 aromatic carbocycles. The van der Waals surface area contributed by atoms with Crippen molar-refractivity contribution in [2.45, 2.75) is 20.5 Å². The van der Waals surface area contributed by atoms with Gasteiger partial charge in [-0.15, -0.1) is 0 Å². The molecule has 0 fully saturated rings. The zero-order chi connectivity index (χ0) is 7.56. The Balaban J connectivity index is 2.87. The maximum atomic E-state index is 4.95. The Morgan fingerprint density at radius 1 is 1.50 bits per heavy atom. The lowest BCUT2D eigenvalue weighted by Crippen LogP contribution is -1.89. The van der Waals surface area contributed by atoms with Crippen molar-refractivity contribution in [3.8, 4) is 0 Å². The summed E-state index contributed by atoms with van der Waals surface area (Å²) >= 11 is 0. The van der Waals surface area contributed by atoms with Crippen molar-refractivity contribution in [2.24, 2.45) is 0 Å². The highest BCUT2D eigenvalue weighted by atomic mass is 16.5. The fourth-order valence-electron chi connectivity index (χ4n) is 0.852. The van der Waals surface area contributed by atoms with Gasteiger partial charge in [-0.2, -0.15) is 0 Å². The molecule has 0 atom stereocenters. The molecule has 0 radical (unpaired) electrons. The summed E-state index contributed by atoms with van der Waals surface area (Å²) in [6, 6.07) is 0. The van der Waals surface area contributed by atoms with Crippen LogP contribution in [0.2, 0.25) is 0 Å². The van der Waals surface area contributed by atoms with E-state index < -0.39 is 0 Å². The summed E-state index contributed by atoms with van der Waals surface area (Å²) in [7, 11) is 1.66. The fraction of sp³-hybridized carbons (Fsp3) is 0.571. The third kappa shape index (κ3) is 1.19. The van der Waals surface area contributed by atoms with Crippen LogP contribution in [-0.2, 0) is 11.3 Å². The van der Waals surface area contributed by atoms with E-state index in [0.717, 1.165) is 17.0 Å². The molecule has 3 nitrogen and oxygen atoms in total. The van der Waals surface area contributed by atoms with Crippen molar-refractivity contribution in [1.82, 2.24) is 5.16 Å². The van der Waals surface area contributed by atoms with Crippen LogP contribution in [0.1, 0.15) is 17.0 Å². The smallest absolute Gasteiger partial charge is 0.139 e. The summed E-state index contributed by atoms with van der Waals surface area (Å²) in [5, 5.41) is 3.78. The number of aryl methyl sites for hydroxylation is 2. The lowest BCUT2D eigenvalue weighted by molar-refractivity contribution is 0.183. The van der Waals surface area contributed by atoms with Crippen molar-refractivity contribution in [2.75, 3.05) is 7.11 Å². The SMILES string of the molecule is COCc1c(C)noc1C. The molecule has 0 unspecified atom stereocenters. The number of hydrogen-bond acceptors (Lipinski definition) is 3. The molecule has 0 aliphatic heterocycles. The van der Waals surface area contributed by atoms with Gasteiger partial charge >= 0.3 is 0 Å². The molecule has 0 amide bonds. The number of ether oxygens (including phenoxy) is 1. The van der Waals surface area contributed by atoms with E-state index in [4.69, 9.17) is 9.26 Å². The minimum Gasteiger partial charge on any atom is -0.380 e. The molecule has 0 N–H and O–H groups in total. The van der Waals surface area contributed by atoms with Crippen molar-refractivity contribution >= 4 is 0 Å². The number of hydrogen-bond donors (Lipinski definition) is 0. The molecule has 10 heavy (non-hydrogen) atoms. The van der Waals surface area contributed by atoms with Crippen LogP contribution in [0, 0.1) is 13.8 Å². The molecule has 1 aromatic rings. The van der Waals surface area contributed by atoms with Gasteiger partial charge in [-0.1, -0.05) is 5.16 Å². The van der Waals surface area contributed by atoms with E-state index >= 15 is 0 Å². The van der Waals surface area contributed by atoms with E-state index in [1.165, 1.54) is 0 Å². The van der Waals surface area contributed by atoms with E-state index in [2.05, 4.69) is 5.16 Å². The van der Waals surface area contributed by atoms with Crippen LogP contribution in [0.25, 0.3) is 0 Å². The second-order valence-electron chi connectivity index (χ2n) is 2.24. The Morgan fingerprint density at radius 3 is 2.60 bits per heavy atom. The van der Waals surface area contributed by atoms with Crippen LogP contribution < -0.4 is 0 Å². The van der Waals surface area contributed by atoms with Gasteiger partial charge in [0.25, 0.3) is 0 Å². The van der Waals surface area contributed by atoms with Crippen molar-refractivity contribution in [3.05, 3.63) is 17.0 Å². The molecule has 1 aromatic heterocycles. The summed E-state index contributed by atoms with van der Waals surface area (Å²) in [5.41, 5.74) is 1.97. The highest BCUT2D eigenvalue weighted by Gasteiger charge is 2.06. The minimum absolute atomic E-state index is 0.584. The normalized spacial score (nSPS) is 10.3. The van der Waals surface area contributed by atoms with Crippen LogP contribution in [0.5, 0.6) is 0 Å². The largest absolute Gasteiger partial charge is 0.380 e. The summed E-state index contributed by atoms with van der Waals surface area (Å²) in [6.07, 6.45) is 0. The van der Waals surface area contributed by atoms with Crippen molar-refractivity contribution in [3.63, 3.8) is 0 Å². The standard InChI is InChI=1S/C7H11NO2/c1-5-7(4-9-3)6(2)10-8-5/h4H2,1-3H3. The average Bonchev–Trinajstić information content (AvgIpc) is 2.20. The van der Waals surface area contributed by atoms with Crippen LogP contribution in [0.3, 0.4) is 0 Å². The zero-order valence-corrected chi connectivity index (χ0v) is 6.47. The predicted molar refractivity (Wildman–Crippen MR) is 36.7 cm³/mol. The predicted octanol–water partition coefficient (Wildman–Crippen LogP) is 1.44. The lowest BCUT2D eigenvalue weighted by Gasteiger charge is -1.94. The second-order valence-corrected chi connectivity index (χ2v) is 2.24. The van der Waals surface area contributed by atoms with Gasteiger partial charge in [-0.3, -0.25) is 0 Å². The van der Waals surface area contributed by atoms with Gasteiger partial charge in [0.2, 0.25) is 0 Å². The molecular formula is C7H11NO2. The topological polar surface area (TPSA) is 35.3 Å². The van der Waals surface area contributed by atoms with Crippen molar-refractivity contribution < 1.29 is 9.26 Å². The molecule has 0 saturated heterocycles. The molecule has 0 aliphatic carbocycles. The lowest BCUT2D eigenvalue weighted by atomic mass is 10.2. The minimum atomic E-state index is 0.584. The average molecular weight is 141 g/mol. The first-order chi connectivity index (χ1) is 4.75. The molecule has 0 aliphatic rings. The number of aromatic nitrogens is 1. The first kappa shape index (κ1) is 7.28. The molecule has 1 rings (SSSR count). The van der Waals surface area contributed by atoms with E-state index in [-0.39, 0.29) is 0 Å². The van der Waals surface area contributed by atoms with Gasteiger partial charge < -0.3 is 9.26 Å². The van der Waals surface area contributed by atoms with Crippen LogP contribution >= 0.6 is 0 Å². The van der Waals surface area contributed by atoms with Gasteiger partial charge in [0.15, 0.2) is 0 Å². The van der Waals surface area contributed by atoms with Gasteiger partial charge in [0.1, 0.15) is 5.76 Å². The Bertz CT molecular complexity index is 198. The Kier molecular flexibility index (Phi) is 2.06. The number of nitrogens with zero attached hydrogens (tertiary/aromatic N) is 1. The fourth-order valence-corrected chi connectivity index (χ4v) is 0.852. The van der Waals surface area contributed by atoms with E-state index in [1.54, 1.807) is 7.11 Å². The summed E-state index contributed by atoms with van der Waals surface area (Å²) in [5.74, 6) is 0.847. The zero-order valence-electron chi connectivity index (χ0n) is 6.47. The number of rotatable bonds is 2. The molecule has 3 heteroatoms. The highest BCUT2D eigenvalue weighted by molar-refractivity contribution is 5.19.